The van der Waals surface area contributed by atoms with Crippen LogP contribution in [0.15, 0.2) is 48.5 Å². The molecule has 0 radical (unpaired) electrons. The first-order chi connectivity index (χ1) is 16.3. The second-order valence-electron chi connectivity index (χ2n) is 8.33. The van der Waals surface area contributed by atoms with Gasteiger partial charge in [0.25, 0.3) is 5.91 Å². The Kier molecular flexibility index (Phi) is 8.25. The van der Waals surface area contributed by atoms with Gasteiger partial charge < -0.3 is 29.5 Å². The zero-order valence-corrected chi connectivity index (χ0v) is 19.6. The average Bonchev–Trinajstić information content (AvgIpc) is 3.13. The number of aliphatic carboxylic acids is 1. The van der Waals surface area contributed by atoms with Crippen LogP contribution in [0.5, 0.6) is 0 Å². The normalized spacial score (nSPS) is 14.0. The SMILES string of the molecule is COCCN(CC(=O)O)C(=O)C(C)(COC)NC(=O)OCC1c2ccccc2-c2ccccc21. The number of carbonyl (C=O) groups excluding carboxylic acids is 2. The predicted octanol–water partition coefficient (Wildman–Crippen LogP) is 2.49. The van der Waals surface area contributed by atoms with Crippen LogP contribution in [0.3, 0.4) is 0 Å². The minimum Gasteiger partial charge on any atom is -0.480 e. The molecule has 182 valence electrons. The third-order valence-electron chi connectivity index (χ3n) is 5.81. The van der Waals surface area contributed by atoms with Crippen LogP contribution in [0.4, 0.5) is 4.79 Å². The van der Waals surface area contributed by atoms with E-state index in [1.165, 1.54) is 21.1 Å². The Morgan fingerprint density at radius 2 is 1.59 bits per heavy atom. The van der Waals surface area contributed by atoms with E-state index in [2.05, 4.69) is 5.32 Å². The van der Waals surface area contributed by atoms with Gasteiger partial charge in [0, 0.05) is 26.7 Å². The molecule has 2 aromatic carbocycles. The number of carboxylic acids is 1. The molecule has 9 heteroatoms. The quantitative estimate of drug-likeness (QED) is 0.519. The highest BCUT2D eigenvalue weighted by Crippen LogP contribution is 2.44. The summed E-state index contributed by atoms with van der Waals surface area (Å²) in [6.45, 7) is 1.05. The highest BCUT2D eigenvalue weighted by Gasteiger charge is 2.40. The number of benzene rings is 2. The molecule has 0 fully saturated rings. The Bertz CT molecular complexity index is 996. The molecule has 2 aromatic rings. The summed E-state index contributed by atoms with van der Waals surface area (Å²) < 4.78 is 15.7. The van der Waals surface area contributed by atoms with Crippen LogP contribution in [0, 0.1) is 0 Å². The molecule has 0 bridgehead atoms. The second-order valence-corrected chi connectivity index (χ2v) is 8.33. The number of nitrogens with zero attached hydrogens (tertiary/aromatic N) is 1. The molecule has 1 atom stereocenters. The molecule has 0 aliphatic heterocycles. The number of amides is 2. The van der Waals surface area contributed by atoms with Gasteiger partial charge in [0.1, 0.15) is 18.7 Å². The van der Waals surface area contributed by atoms with Gasteiger partial charge in [-0.15, -0.1) is 0 Å². The van der Waals surface area contributed by atoms with Gasteiger partial charge >= 0.3 is 12.1 Å². The molecular formula is C25H30N2O7. The number of hydrogen-bond donors (Lipinski definition) is 2. The van der Waals surface area contributed by atoms with Crippen LogP contribution >= 0.6 is 0 Å². The average molecular weight is 471 g/mol. The monoisotopic (exact) mass is 470 g/mol. The van der Waals surface area contributed by atoms with E-state index >= 15 is 0 Å². The number of rotatable bonds is 11. The molecule has 0 spiro atoms. The molecule has 1 aliphatic rings. The lowest BCUT2D eigenvalue weighted by molar-refractivity contribution is -0.149. The van der Waals surface area contributed by atoms with Gasteiger partial charge in [0.05, 0.1) is 13.2 Å². The van der Waals surface area contributed by atoms with Crippen LogP contribution in [0.2, 0.25) is 0 Å². The Morgan fingerprint density at radius 1 is 1.00 bits per heavy atom. The molecule has 34 heavy (non-hydrogen) atoms. The molecule has 1 aliphatic carbocycles. The van der Waals surface area contributed by atoms with Crippen LogP contribution < -0.4 is 5.32 Å². The van der Waals surface area contributed by atoms with Crippen LogP contribution in [0.25, 0.3) is 11.1 Å². The number of carbonyl (C=O) groups is 3. The molecule has 0 heterocycles. The smallest absolute Gasteiger partial charge is 0.408 e. The Morgan fingerprint density at radius 3 is 2.12 bits per heavy atom. The summed E-state index contributed by atoms with van der Waals surface area (Å²) in [6, 6.07) is 15.9. The first kappa shape index (κ1) is 25.2. The maximum absolute atomic E-state index is 13.2. The first-order valence-corrected chi connectivity index (χ1v) is 10.9. The number of methoxy groups -OCH3 is 2. The number of alkyl carbamates (subject to hydrolysis) is 1. The molecule has 2 N–H and O–H groups in total. The molecule has 0 aromatic heterocycles. The van der Waals surface area contributed by atoms with E-state index in [0.717, 1.165) is 27.2 Å². The third-order valence-corrected chi connectivity index (χ3v) is 5.81. The summed E-state index contributed by atoms with van der Waals surface area (Å²) in [5.41, 5.74) is 2.82. The topological polar surface area (TPSA) is 114 Å². The summed E-state index contributed by atoms with van der Waals surface area (Å²) in [7, 11) is 2.84. The van der Waals surface area contributed by atoms with E-state index in [9.17, 15) is 19.5 Å². The highest BCUT2D eigenvalue weighted by atomic mass is 16.5. The van der Waals surface area contributed by atoms with Crippen molar-refractivity contribution in [3.8, 4) is 11.1 Å². The number of ether oxygens (including phenoxy) is 3. The van der Waals surface area contributed by atoms with Crippen molar-refractivity contribution >= 4 is 18.0 Å². The molecule has 0 saturated heterocycles. The molecule has 2 amide bonds. The van der Waals surface area contributed by atoms with Crippen LogP contribution in [-0.2, 0) is 23.8 Å². The van der Waals surface area contributed by atoms with E-state index in [0.29, 0.717) is 0 Å². The van der Waals surface area contributed by atoms with E-state index in [1.54, 1.807) is 0 Å². The second kappa shape index (κ2) is 11.1. The van der Waals surface area contributed by atoms with Crippen molar-refractivity contribution in [3.63, 3.8) is 0 Å². The van der Waals surface area contributed by atoms with Gasteiger partial charge in [-0.25, -0.2) is 4.79 Å². The van der Waals surface area contributed by atoms with E-state index in [-0.39, 0.29) is 32.3 Å². The number of carboxylic acid groups (broad SMARTS) is 1. The lowest BCUT2D eigenvalue weighted by Crippen LogP contribution is -2.61. The standard InChI is InChI=1S/C25H30N2O7/c1-25(16-33-3,23(30)27(12-13-32-2)14-22(28)29)26-24(31)34-15-21-19-10-6-4-8-17(19)18-9-5-7-11-20(18)21/h4-11,21H,12-16H2,1-3H3,(H,26,31)(H,28,29). The number of fused-ring (bicyclic) bond motifs is 3. The summed E-state index contributed by atoms with van der Waals surface area (Å²) in [6.07, 6.45) is -0.795. The number of hydrogen-bond acceptors (Lipinski definition) is 6. The molecule has 0 saturated carbocycles. The molecule has 9 nitrogen and oxygen atoms in total. The lowest BCUT2D eigenvalue weighted by atomic mass is 9.98. The van der Waals surface area contributed by atoms with Crippen molar-refractivity contribution in [2.75, 3.05) is 47.1 Å². The summed E-state index contributed by atoms with van der Waals surface area (Å²) in [5.74, 6) is -1.92. The molecular weight excluding hydrogens is 440 g/mol. The Labute approximate surface area is 198 Å². The van der Waals surface area contributed by atoms with Gasteiger partial charge in [0.2, 0.25) is 0 Å². The summed E-state index contributed by atoms with van der Waals surface area (Å²) in [5, 5.41) is 11.8. The fourth-order valence-electron chi connectivity index (χ4n) is 4.27. The predicted molar refractivity (Wildman–Crippen MR) is 125 cm³/mol. The van der Waals surface area contributed by atoms with Crippen molar-refractivity contribution in [1.29, 1.82) is 0 Å². The van der Waals surface area contributed by atoms with Gasteiger partial charge in [0.15, 0.2) is 0 Å². The van der Waals surface area contributed by atoms with Crippen molar-refractivity contribution < 1.29 is 33.7 Å². The zero-order chi connectivity index (χ0) is 24.7. The van der Waals surface area contributed by atoms with Crippen molar-refractivity contribution in [2.24, 2.45) is 0 Å². The van der Waals surface area contributed by atoms with E-state index in [1.807, 2.05) is 48.5 Å². The molecule has 1 unspecified atom stereocenters. The lowest BCUT2D eigenvalue weighted by Gasteiger charge is -2.33. The minimum absolute atomic E-state index is 0.0489. The van der Waals surface area contributed by atoms with Crippen LogP contribution in [0.1, 0.15) is 24.0 Å². The van der Waals surface area contributed by atoms with Crippen molar-refractivity contribution in [1.82, 2.24) is 10.2 Å². The molecule has 3 rings (SSSR count). The summed E-state index contributed by atoms with van der Waals surface area (Å²) >= 11 is 0. The van der Waals surface area contributed by atoms with Crippen molar-refractivity contribution in [2.45, 2.75) is 18.4 Å². The van der Waals surface area contributed by atoms with Gasteiger partial charge in [-0.05, 0) is 29.2 Å². The van der Waals surface area contributed by atoms with Gasteiger partial charge in [-0.1, -0.05) is 48.5 Å². The maximum atomic E-state index is 13.2. The number of nitrogens with one attached hydrogen (secondary N) is 1. The van der Waals surface area contributed by atoms with Crippen LogP contribution in [-0.4, -0.2) is 80.6 Å². The fraction of sp³-hybridized carbons (Fsp3) is 0.400. The highest BCUT2D eigenvalue weighted by molar-refractivity contribution is 5.91. The Balaban J connectivity index is 1.72. The zero-order valence-electron chi connectivity index (χ0n) is 19.6. The Hall–Kier alpha value is -3.43. The first-order valence-electron chi connectivity index (χ1n) is 10.9. The van der Waals surface area contributed by atoms with E-state index in [4.69, 9.17) is 14.2 Å². The fourth-order valence-corrected chi connectivity index (χ4v) is 4.27. The minimum atomic E-state index is -1.53. The summed E-state index contributed by atoms with van der Waals surface area (Å²) in [4.78, 5) is 38.3. The van der Waals surface area contributed by atoms with Gasteiger partial charge in [-0.3, -0.25) is 9.59 Å². The van der Waals surface area contributed by atoms with Gasteiger partial charge in [-0.2, -0.15) is 0 Å². The third kappa shape index (κ3) is 5.55. The van der Waals surface area contributed by atoms with E-state index < -0.39 is 30.1 Å². The largest absolute Gasteiger partial charge is 0.480 e. The maximum Gasteiger partial charge on any atom is 0.408 e. The van der Waals surface area contributed by atoms with Crippen molar-refractivity contribution in [3.05, 3.63) is 59.7 Å².